The Bertz CT molecular complexity index is 1420. The molecule has 0 saturated carbocycles. The second kappa shape index (κ2) is 10.2. The van der Waals surface area contributed by atoms with Crippen LogP contribution in [0.1, 0.15) is 41.1 Å². The molecule has 2 heterocycles. The van der Waals surface area contributed by atoms with Crippen molar-refractivity contribution in [3.63, 3.8) is 0 Å². The average Bonchev–Trinajstić information content (AvgIpc) is 2.81. The lowest BCUT2D eigenvalue weighted by Gasteiger charge is -2.20. The Morgan fingerprint density at radius 3 is 2.53 bits per heavy atom. The van der Waals surface area contributed by atoms with Crippen LogP contribution >= 0.6 is 11.6 Å². The number of allylic oxidation sites excluding steroid dienone is 5. The van der Waals surface area contributed by atoms with Crippen LogP contribution in [-0.4, -0.2) is 17.7 Å². The van der Waals surface area contributed by atoms with E-state index in [1.54, 1.807) is 31.2 Å². The largest absolute Gasteiger partial charge is 0.455 e. The highest BCUT2D eigenvalue weighted by Gasteiger charge is 2.20. The summed E-state index contributed by atoms with van der Waals surface area (Å²) in [6, 6.07) is 7.37. The average molecular weight is 477 g/mol. The summed E-state index contributed by atoms with van der Waals surface area (Å²) in [7, 11) is 1.50. The van der Waals surface area contributed by atoms with E-state index in [0.29, 0.717) is 38.7 Å². The summed E-state index contributed by atoms with van der Waals surface area (Å²) >= 11 is 5.99. The van der Waals surface area contributed by atoms with Gasteiger partial charge in [-0.1, -0.05) is 24.2 Å². The van der Waals surface area contributed by atoms with Gasteiger partial charge < -0.3 is 20.9 Å². The number of halogens is 1. The van der Waals surface area contributed by atoms with Gasteiger partial charge in [-0.05, 0) is 82.3 Å². The van der Waals surface area contributed by atoms with Gasteiger partial charge >= 0.3 is 0 Å². The van der Waals surface area contributed by atoms with E-state index < -0.39 is 0 Å². The number of nitrogens with zero attached hydrogens (tertiary/aromatic N) is 1. The summed E-state index contributed by atoms with van der Waals surface area (Å²) in [5.74, 6) is 0.494. The van der Waals surface area contributed by atoms with Crippen LogP contribution < -0.4 is 16.5 Å². The number of aryl methyl sites for hydroxylation is 2. The number of benzene rings is 1. The topological polar surface area (TPSA) is 105 Å². The molecule has 0 radical (unpaired) electrons. The Morgan fingerprint density at radius 1 is 1.18 bits per heavy atom. The zero-order valence-corrected chi connectivity index (χ0v) is 20.8. The van der Waals surface area contributed by atoms with Gasteiger partial charge in [-0.15, -0.1) is 0 Å². The molecule has 4 N–H and O–H groups in total. The van der Waals surface area contributed by atoms with Crippen molar-refractivity contribution in [1.29, 1.82) is 5.41 Å². The SMILES string of the molecule is C=C1C=C(c2oc3c(C(C)Nc4ccc(Cl)nc4C)cc(C)cc3c(=O)c2C)C=CC1=N.CN. The van der Waals surface area contributed by atoms with E-state index in [1.165, 1.54) is 7.05 Å². The van der Waals surface area contributed by atoms with Crippen LogP contribution in [0.4, 0.5) is 5.69 Å². The molecule has 1 aliphatic carbocycles. The fourth-order valence-electron chi connectivity index (χ4n) is 3.89. The highest BCUT2D eigenvalue weighted by Crippen LogP contribution is 2.32. The van der Waals surface area contributed by atoms with Gasteiger partial charge in [0.2, 0.25) is 0 Å². The zero-order chi connectivity index (χ0) is 25.2. The quantitative estimate of drug-likeness (QED) is 0.398. The van der Waals surface area contributed by atoms with E-state index in [1.807, 2.05) is 39.0 Å². The van der Waals surface area contributed by atoms with E-state index in [9.17, 15) is 4.79 Å². The maximum atomic E-state index is 13.3. The Balaban J connectivity index is 0.00000158. The molecule has 176 valence electrons. The first-order valence-electron chi connectivity index (χ1n) is 10.9. The molecular formula is C27H29ClN4O2. The van der Waals surface area contributed by atoms with Crippen molar-refractivity contribution >= 4 is 39.5 Å². The van der Waals surface area contributed by atoms with Crippen molar-refractivity contribution in [1.82, 2.24) is 4.98 Å². The minimum absolute atomic E-state index is 0.0664. The smallest absolute Gasteiger partial charge is 0.196 e. The van der Waals surface area contributed by atoms with E-state index in [2.05, 4.69) is 22.6 Å². The number of nitrogens with one attached hydrogen (secondary N) is 2. The molecule has 6 nitrogen and oxygen atoms in total. The lowest BCUT2D eigenvalue weighted by molar-refractivity contribution is 0.574. The Morgan fingerprint density at radius 2 is 1.88 bits per heavy atom. The van der Waals surface area contributed by atoms with Crippen LogP contribution in [-0.2, 0) is 0 Å². The molecule has 3 aromatic rings. The molecule has 1 atom stereocenters. The summed E-state index contributed by atoms with van der Waals surface area (Å²) in [4.78, 5) is 17.6. The van der Waals surface area contributed by atoms with Crippen molar-refractivity contribution in [3.05, 3.63) is 98.2 Å². The minimum atomic E-state index is -0.156. The Labute approximate surface area is 204 Å². The molecule has 4 rings (SSSR count). The van der Waals surface area contributed by atoms with Crippen molar-refractivity contribution < 1.29 is 4.42 Å². The van der Waals surface area contributed by atoms with Gasteiger partial charge in [-0.2, -0.15) is 0 Å². The van der Waals surface area contributed by atoms with Gasteiger partial charge in [0, 0.05) is 16.7 Å². The third-order valence-corrected chi connectivity index (χ3v) is 5.86. The van der Waals surface area contributed by atoms with E-state index in [4.69, 9.17) is 21.4 Å². The summed E-state index contributed by atoms with van der Waals surface area (Å²) in [6.45, 7) is 11.6. The predicted octanol–water partition coefficient (Wildman–Crippen LogP) is 6.04. The standard InChI is InChI=1S/C26H24ClN3O2.CH5N/c1-13-10-19(16(4)29-22-8-9-23(27)30-17(22)5)26-20(11-13)24(31)15(3)25(32-26)18-6-7-21(28)14(2)12-18;1-2/h6-12,16,28-29H,2H2,1,3-5H3;2H2,1H3. The van der Waals surface area contributed by atoms with Gasteiger partial charge in [0.15, 0.2) is 5.43 Å². The molecule has 7 heteroatoms. The van der Waals surface area contributed by atoms with Crippen LogP contribution in [0.15, 0.2) is 63.9 Å². The maximum absolute atomic E-state index is 13.3. The van der Waals surface area contributed by atoms with Crippen LogP contribution in [0.3, 0.4) is 0 Å². The third-order valence-electron chi connectivity index (χ3n) is 5.65. The molecule has 1 aromatic carbocycles. The van der Waals surface area contributed by atoms with E-state index >= 15 is 0 Å². The maximum Gasteiger partial charge on any atom is 0.196 e. The van der Waals surface area contributed by atoms with Crippen LogP contribution in [0, 0.1) is 26.2 Å². The van der Waals surface area contributed by atoms with E-state index in [-0.39, 0.29) is 11.5 Å². The molecule has 0 saturated heterocycles. The van der Waals surface area contributed by atoms with E-state index in [0.717, 1.165) is 28.1 Å². The summed E-state index contributed by atoms with van der Waals surface area (Å²) in [5.41, 5.74) is 10.7. The van der Waals surface area contributed by atoms with Crippen molar-refractivity contribution in [2.45, 2.75) is 33.7 Å². The summed E-state index contributed by atoms with van der Waals surface area (Å²) < 4.78 is 6.38. The predicted molar refractivity (Wildman–Crippen MR) is 142 cm³/mol. The summed E-state index contributed by atoms with van der Waals surface area (Å²) in [5, 5.41) is 12.3. The first-order valence-corrected chi connectivity index (χ1v) is 11.3. The first kappa shape index (κ1) is 25.1. The molecule has 0 aliphatic heterocycles. The number of anilines is 1. The van der Waals surface area contributed by atoms with Gasteiger partial charge in [0.05, 0.1) is 28.5 Å². The fraction of sp³-hybridized carbons (Fsp3) is 0.222. The summed E-state index contributed by atoms with van der Waals surface area (Å²) in [6.07, 6.45) is 5.22. The second-order valence-electron chi connectivity index (χ2n) is 8.12. The number of rotatable bonds is 4. The van der Waals surface area contributed by atoms with Crippen molar-refractivity contribution in [3.8, 4) is 0 Å². The van der Waals surface area contributed by atoms with Crippen molar-refractivity contribution in [2.75, 3.05) is 12.4 Å². The van der Waals surface area contributed by atoms with Crippen LogP contribution in [0.2, 0.25) is 5.15 Å². The number of aromatic nitrogens is 1. The molecule has 0 bridgehead atoms. The third kappa shape index (κ3) is 4.88. The minimum Gasteiger partial charge on any atom is -0.455 e. The van der Waals surface area contributed by atoms with Gasteiger partial charge in [0.1, 0.15) is 16.5 Å². The van der Waals surface area contributed by atoms with Gasteiger partial charge in [0.25, 0.3) is 0 Å². The fourth-order valence-corrected chi connectivity index (χ4v) is 4.08. The number of fused-ring (bicyclic) bond motifs is 1. The van der Waals surface area contributed by atoms with Crippen molar-refractivity contribution in [2.24, 2.45) is 5.73 Å². The molecular weight excluding hydrogens is 448 g/mol. The number of hydrogen-bond acceptors (Lipinski definition) is 6. The number of hydrogen-bond donors (Lipinski definition) is 3. The number of nitrogens with two attached hydrogens (primary N) is 1. The second-order valence-corrected chi connectivity index (χ2v) is 8.51. The molecule has 0 amide bonds. The highest BCUT2D eigenvalue weighted by atomic mass is 35.5. The monoisotopic (exact) mass is 476 g/mol. The first-order chi connectivity index (χ1) is 16.2. The number of pyridine rings is 1. The highest BCUT2D eigenvalue weighted by molar-refractivity contribution is 6.29. The normalized spacial score (nSPS) is 13.9. The van der Waals surface area contributed by atoms with Crippen LogP contribution in [0.5, 0.6) is 0 Å². The molecule has 1 unspecified atom stereocenters. The Kier molecular flexibility index (Phi) is 7.54. The lowest BCUT2D eigenvalue weighted by Crippen LogP contribution is -2.14. The Hall–Kier alpha value is -3.48. The molecule has 0 spiro atoms. The molecule has 0 fully saturated rings. The zero-order valence-electron chi connectivity index (χ0n) is 20.0. The molecule has 1 aliphatic rings. The van der Waals surface area contributed by atoms with Crippen LogP contribution in [0.25, 0.3) is 16.5 Å². The molecule has 2 aromatic heterocycles. The lowest BCUT2D eigenvalue weighted by atomic mass is 9.95. The molecule has 34 heavy (non-hydrogen) atoms. The van der Waals surface area contributed by atoms with Gasteiger partial charge in [-0.25, -0.2) is 4.98 Å². The van der Waals surface area contributed by atoms with Gasteiger partial charge in [-0.3, -0.25) is 4.79 Å².